The third-order valence-corrected chi connectivity index (χ3v) is 3.61. The van der Waals surface area contributed by atoms with Gasteiger partial charge in [-0.3, -0.25) is 9.59 Å². The molecule has 3 N–H and O–H groups in total. The van der Waals surface area contributed by atoms with E-state index in [4.69, 9.17) is 5.73 Å². The first-order valence-electron chi connectivity index (χ1n) is 7.65. The zero-order valence-electron chi connectivity index (χ0n) is 13.2. The van der Waals surface area contributed by atoms with Crippen LogP contribution in [0.3, 0.4) is 0 Å². The molecule has 1 heterocycles. The fourth-order valence-corrected chi connectivity index (χ4v) is 2.52. The minimum absolute atomic E-state index is 0.00672. The lowest BCUT2D eigenvalue weighted by Gasteiger charge is -2.34. The smallest absolute Gasteiger partial charge is 0.245 e. The Morgan fingerprint density at radius 3 is 2.45 bits per heavy atom. The molecule has 1 aliphatic heterocycles. The number of carbonyl (C=O) groups excluding carboxylic acids is 2. The normalized spacial score (nSPS) is 21.1. The molecule has 1 saturated heterocycles. The maximum Gasteiger partial charge on any atom is 0.245 e. The topological polar surface area (TPSA) is 75.4 Å². The molecular formula is C15H29N3O2. The predicted molar refractivity (Wildman–Crippen MR) is 80.0 cm³/mol. The number of nitrogens with zero attached hydrogens (tertiary/aromatic N) is 1. The van der Waals surface area contributed by atoms with Gasteiger partial charge in [-0.2, -0.15) is 0 Å². The van der Waals surface area contributed by atoms with Gasteiger partial charge in [-0.15, -0.1) is 0 Å². The number of hydrogen-bond acceptors (Lipinski definition) is 3. The van der Waals surface area contributed by atoms with Gasteiger partial charge in [-0.05, 0) is 24.7 Å². The molecule has 0 spiro atoms. The lowest BCUT2D eigenvalue weighted by atomic mass is 9.99. The summed E-state index contributed by atoms with van der Waals surface area (Å²) in [5.41, 5.74) is 5.93. The van der Waals surface area contributed by atoms with E-state index < -0.39 is 6.04 Å². The number of piperidine rings is 1. The van der Waals surface area contributed by atoms with Crippen molar-refractivity contribution < 1.29 is 9.59 Å². The molecule has 0 aromatic carbocycles. The minimum atomic E-state index is -0.438. The van der Waals surface area contributed by atoms with E-state index in [9.17, 15) is 9.59 Å². The Labute approximate surface area is 122 Å². The van der Waals surface area contributed by atoms with Crippen LogP contribution in [-0.2, 0) is 9.59 Å². The van der Waals surface area contributed by atoms with Crippen LogP contribution in [-0.4, -0.2) is 41.9 Å². The molecule has 0 saturated carbocycles. The van der Waals surface area contributed by atoms with Crippen molar-refractivity contribution >= 4 is 11.8 Å². The number of rotatable bonds is 5. The molecule has 2 unspecified atom stereocenters. The van der Waals surface area contributed by atoms with Gasteiger partial charge in [-0.1, -0.05) is 27.7 Å². The summed E-state index contributed by atoms with van der Waals surface area (Å²) in [4.78, 5) is 26.3. The van der Waals surface area contributed by atoms with Crippen LogP contribution in [0.15, 0.2) is 0 Å². The summed E-state index contributed by atoms with van der Waals surface area (Å²) in [5, 5.41) is 2.89. The van der Waals surface area contributed by atoms with Gasteiger partial charge >= 0.3 is 0 Å². The maximum atomic E-state index is 12.6. The summed E-state index contributed by atoms with van der Waals surface area (Å²) in [6, 6.07) is -0.376. The zero-order valence-corrected chi connectivity index (χ0v) is 13.2. The van der Waals surface area contributed by atoms with Crippen LogP contribution in [0.2, 0.25) is 0 Å². The first-order chi connectivity index (χ1) is 9.31. The molecular weight excluding hydrogens is 254 g/mol. The summed E-state index contributed by atoms with van der Waals surface area (Å²) >= 11 is 0. The van der Waals surface area contributed by atoms with Gasteiger partial charge in [0.1, 0.15) is 6.04 Å². The molecule has 116 valence electrons. The van der Waals surface area contributed by atoms with E-state index in [1.54, 1.807) is 4.90 Å². The number of hydrogen-bond donors (Lipinski definition) is 2. The van der Waals surface area contributed by atoms with E-state index in [-0.39, 0.29) is 23.8 Å². The van der Waals surface area contributed by atoms with E-state index in [1.807, 2.05) is 27.7 Å². The standard InChI is InChI=1S/C15H29N3O2/c1-10(2)8-13(19)17-14(11(3)4)15(20)18-7-5-6-12(16)9-18/h10-12,14H,5-9,16H2,1-4H3,(H,17,19). The third kappa shape index (κ3) is 5.12. The third-order valence-electron chi connectivity index (χ3n) is 3.61. The Balaban J connectivity index is 2.65. The maximum absolute atomic E-state index is 12.6. The molecule has 2 amide bonds. The highest BCUT2D eigenvalue weighted by Crippen LogP contribution is 2.13. The van der Waals surface area contributed by atoms with Crippen molar-refractivity contribution in [3.8, 4) is 0 Å². The summed E-state index contributed by atoms with van der Waals surface area (Å²) in [7, 11) is 0. The van der Waals surface area contributed by atoms with Crippen molar-refractivity contribution in [1.29, 1.82) is 0 Å². The van der Waals surface area contributed by atoms with Crippen LogP contribution in [0.5, 0.6) is 0 Å². The molecule has 1 fully saturated rings. The van der Waals surface area contributed by atoms with E-state index in [2.05, 4.69) is 5.32 Å². The van der Waals surface area contributed by atoms with E-state index >= 15 is 0 Å². The highest BCUT2D eigenvalue weighted by atomic mass is 16.2. The lowest BCUT2D eigenvalue weighted by Crippen LogP contribution is -2.55. The second kappa shape index (κ2) is 7.62. The lowest BCUT2D eigenvalue weighted by molar-refractivity contribution is -0.138. The van der Waals surface area contributed by atoms with Crippen molar-refractivity contribution in [2.45, 2.75) is 59.0 Å². The molecule has 0 radical (unpaired) electrons. The van der Waals surface area contributed by atoms with Crippen molar-refractivity contribution in [1.82, 2.24) is 10.2 Å². The first kappa shape index (κ1) is 17.0. The molecule has 20 heavy (non-hydrogen) atoms. The average molecular weight is 283 g/mol. The number of likely N-dealkylation sites (tertiary alicyclic amines) is 1. The molecule has 0 bridgehead atoms. The minimum Gasteiger partial charge on any atom is -0.344 e. The predicted octanol–water partition coefficient (Wildman–Crippen LogP) is 1.12. The van der Waals surface area contributed by atoms with Crippen LogP contribution < -0.4 is 11.1 Å². The highest BCUT2D eigenvalue weighted by molar-refractivity contribution is 5.88. The first-order valence-corrected chi connectivity index (χ1v) is 7.65. The van der Waals surface area contributed by atoms with E-state index in [1.165, 1.54) is 0 Å². The average Bonchev–Trinajstić information content (AvgIpc) is 2.34. The van der Waals surface area contributed by atoms with Gasteiger partial charge in [0.15, 0.2) is 0 Å². The van der Waals surface area contributed by atoms with Crippen molar-refractivity contribution in [2.75, 3.05) is 13.1 Å². The van der Waals surface area contributed by atoms with Gasteiger partial charge in [0.2, 0.25) is 11.8 Å². The summed E-state index contributed by atoms with van der Waals surface area (Å²) in [5.74, 6) is 0.332. The molecule has 5 nitrogen and oxygen atoms in total. The number of carbonyl (C=O) groups is 2. The largest absolute Gasteiger partial charge is 0.344 e. The number of nitrogens with one attached hydrogen (secondary N) is 1. The summed E-state index contributed by atoms with van der Waals surface area (Å²) < 4.78 is 0. The summed E-state index contributed by atoms with van der Waals surface area (Å²) in [6.07, 6.45) is 2.36. The molecule has 0 aromatic rings. The fourth-order valence-electron chi connectivity index (χ4n) is 2.52. The van der Waals surface area contributed by atoms with Crippen LogP contribution in [0.4, 0.5) is 0 Å². The number of amides is 2. The second-order valence-corrected chi connectivity index (χ2v) is 6.57. The van der Waals surface area contributed by atoms with Gasteiger partial charge in [0, 0.05) is 25.6 Å². The van der Waals surface area contributed by atoms with E-state index in [0.29, 0.717) is 18.9 Å². The SMILES string of the molecule is CC(C)CC(=O)NC(C(=O)N1CCCC(N)C1)C(C)C. The Hall–Kier alpha value is -1.10. The van der Waals surface area contributed by atoms with Crippen molar-refractivity contribution in [3.05, 3.63) is 0 Å². The van der Waals surface area contributed by atoms with Crippen LogP contribution in [0, 0.1) is 11.8 Å². The molecule has 0 aliphatic carbocycles. The molecule has 5 heteroatoms. The summed E-state index contributed by atoms with van der Waals surface area (Å²) in [6.45, 7) is 9.26. The highest BCUT2D eigenvalue weighted by Gasteiger charge is 2.30. The van der Waals surface area contributed by atoms with Crippen molar-refractivity contribution in [3.63, 3.8) is 0 Å². The second-order valence-electron chi connectivity index (χ2n) is 6.57. The molecule has 0 aromatic heterocycles. The Morgan fingerprint density at radius 1 is 1.30 bits per heavy atom. The Kier molecular flexibility index (Phi) is 6.46. The molecule has 1 aliphatic rings. The molecule has 1 rings (SSSR count). The van der Waals surface area contributed by atoms with Gasteiger partial charge in [-0.25, -0.2) is 0 Å². The Morgan fingerprint density at radius 2 is 1.95 bits per heavy atom. The van der Waals surface area contributed by atoms with Gasteiger partial charge in [0.05, 0.1) is 0 Å². The van der Waals surface area contributed by atoms with Gasteiger partial charge in [0.25, 0.3) is 0 Å². The van der Waals surface area contributed by atoms with Crippen LogP contribution in [0.1, 0.15) is 47.0 Å². The number of nitrogens with two attached hydrogens (primary N) is 1. The monoisotopic (exact) mass is 283 g/mol. The Bertz CT molecular complexity index is 342. The van der Waals surface area contributed by atoms with E-state index in [0.717, 1.165) is 19.4 Å². The molecule has 2 atom stereocenters. The van der Waals surface area contributed by atoms with Crippen LogP contribution >= 0.6 is 0 Å². The zero-order chi connectivity index (χ0) is 15.3. The fraction of sp³-hybridized carbons (Fsp3) is 0.867. The quantitative estimate of drug-likeness (QED) is 0.794. The van der Waals surface area contributed by atoms with Crippen LogP contribution in [0.25, 0.3) is 0 Å². The van der Waals surface area contributed by atoms with Gasteiger partial charge < -0.3 is 16.0 Å². The van der Waals surface area contributed by atoms with Crippen molar-refractivity contribution in [2.24, 2.45) is 17.6 Å².